The van der Waals surface area contributed by atoms with Crippen LogP contribution in [-0.4, -0.2) is 123 Å². The molecule has 0 saturated heterocycles. The third kappa shape index (κ3) is 473. The van der Waals surface area contributed by atoms with E-state index in [0.29, 0.717) is 26.4 Å². The summed E-state index contributed by atoms with van der Waals surface area (Å²) < 4.78 is 18.6. The van der Waals surface area contributed by atoms with Crippen LogP contribution in [0.25, 0.3) is 0 Å². The van der Waals surface area contributed by atoms with Crippen molar-refractivity contribution in [1.29, 1.82) is 0 Å². The summed E-state index contributed by atoms with van der Waals surface area (Å²) in [6.45, 7) is 7.98. The van der Waals surface area contributed by atoms with Crippen molar-refractivity contribution >= 4 is 0 Å². The van der Waals surface area contributed by atoms with Gasteiger partial charge in [-0.05, 0) is 12.8 Å². The SMILES string of the molecule is C.C.C.C.C.C.C.C.C.C.C.C.C.C.CCCOCCO.CCCOCCO.COCCO.COCCO.O.O.O.O.[CH3-].[CH3-].[U].[U].[U].[U].[U].[U]. The van der Waals surface area contributed by atoms with Crippen LogP contribution in [0.15, 0.2) is 0 Å². The minimum Gasteiger partial charge on any atom is -0.412 e. The van der Waals surface area contributed by atoms with E-state index in [1.807, 2.05) is 13.8 Å². The van der Waals surface area contributed by atoms with Crippen molar-refractivity contribution in [2.75, 3.05) is 80.3 Å². The summed E-state index contributed by atoms with van der Waals surface area (Å²) in [7, 11) is 3.10. The maximum absolute atomic E-state index is 8.17. The van der Waals surface area contributed by atoms with Gasteiger partial charge in [-0.25, -0.2) is 0 Å². The largest absolute Gasteiger partial charge is 0.412 e. The van der Waals surface area contributed by atoms with E-state index in [-0.39, 0.29) is 354 Å². The molecular formula is C32H110O12U6-2. The molecule has 0 aromatic heterocycles. The second kappa shape index (κ2) is 333. The maximum atomic E-state index is 8.17. The fourth-order valence-corrected chi connectivity index (χ4v) is 0.804. The van der Waals surface area contributed by atoms with Gasteiger partial charge in [0.15, 0.2) is 0 Å². The Hall–Kier alpha value is 5.83. The molecule has 18 heteroatoms. The van der Waals surface area contributed by atoms with Crippen molar-refractivity contribution in [3.63, 3.8) is 0 Å². The van der Waals surface area contributed by atoms with Crippen LogP contribution in [-0.2, 0) is 18.9 Å². The summed E-state index contributed by atoms with van der Waals surface area (Å²) in [4.78, 5) is 0. The van der Waals surface area contributed by atoms with Gasteiger partial charge in [0.25, 0.3) is 0 Å². The number of aliphatic hydroxyl groups excluding tert-OH is 4. The first kappa shape index (κ1) is 252. The minimum absolute atomic E-state index is 0. The second-order valence-electron chi connectivity index (χ2n) is 4.10. The van der Waals surface area contributed by atoms with E-state index in [1.54, 1.807) is 14.2 Å². The van der Waals surface area contributed by atoms with E-state index in [9.17, 15) is 0 Å². The zero-order valence-corrected chi connectivity index (χ0v) is 47.9. The van der Waals surface area contributed by atoms with Gasteiger partial charge >= 0.3 is 0 Å². The molecule has 50 heavy (non-hydrogen) atoms. The molecule has 0 aliphatic heterocycles. The number of ether oxygens (including phenoxy) is 4. The van der Waals surface area contributed by atoms with E-state index in [0.717, 1.165) is 26.1 Å². The predicted octanol–water partition coefficient (Wildman–Crippen LogP) is 6.57. The summed E-state index contributed by atoms with van der Waals surface area (Å²) in [5.74, 6) is 0. The van der Waals surface area contributed by atoms with Crippen molar-refractivity contribution < 1.29 is 248 Å². The van der Waals surface area contributed by atoms with Crippen LogP contribution in [0.1, 0.15) is 131 Å². The Labute approximate surface area is 466 Å². The first-order valence-electron chi connectivity index (χ1n) is 8.23. The minimum atomic E-state index is 0. The molecule has 0 unspecified atom stereocenters. The van der Waals surface area contributed by atoms with Gasteiger partial charge in [-0.3, -0.25) is 0 Å². The Morgan fingerprint density at radius 3 is 0.520 bits per heavy atom. The smallest absolute Gasteiger partial charge is 0.0697 e. The van der Waals surface area contributed by atoms with Gasteiger partial charge in [-0.2, -0.15) is 0 Å². The molecule has 0 aromatic rings. The first-order chi connectivity index (χ1) is 11.7. The van der Waals surface area contributed by atoms with Gasteiger partial charge in [0.1, 0.15) is 0 Å². The van der Waals surface area contributed by atoms with Gasteiger partial charge in [0.2, 0.25) is 0 Å². The monoisotopic (exact) mass is 2120 g/mol. The summed E-state index contributed by atoms with van der Waals surface area (Å²) in [5.41, 5.74) is 0. The fraction of sp³-hybridized carbons (Fsp3) is 0.938. The summed E-state index contributed by atoms with van der Waals surface area (Å²) in [5, 5.41) is 32.2. The summed E-state index contributed by atoms with van der Waals surface area (Å²) in [6.07, 6.45) is 2.06. The van der Waals surface area contributed by atoms with Crippen LogP contribution in [0, 0.1) is 202 Å². The van der Waals surface area contributed by atoms with Crippen LogP contribution in [0.5, 0.6) is 0 Å². The van der Waals surface area contributed by atoms with Gasteiger partial charge in [-0.1, -0.05) is 118 Å². The number of hydrogen-bond acceptors (Lipinski definition) is 8. The Bertz CT molecular complexity index is 164. The van der Waals surface area contributed by atoms with E-state index in [4.69, 9.17) is 29.9 Å². The van der Waals surface area contributed by atoms with Gasteiger partial charge in [0, 0.05) is 214 Å². The number of aliphatic hydroxyl groups is 4. The standard InChI is InChI=1S/2C5H12O2.2C3H8O2.14CH4.2CH3.4H2O.6U/c2*1-2-4-7-5-3-6;2*1-5-3-2-4;;;;;;;;;;;;;;;;;;;;;;;;;;/h2*6H,2-5H2,1H3;2*4H,2-3H2,1H3;14*1H4;2*1H3;4*1H2;;;;;;/q;;;;;;;;;;;;;;;;;;2*-1;;;;;;;;;;. The fourth-order valence-electron chi connectivity index (χ4n) is 0.804. The summed E-state index contributed by atoms with van der Waals surface area (Å²) >= 11 is 0. The third-order valence-electron chi connectivity index (χ3n) is 1.76. The molecule has 0 saturated carbocycles. The Kier molecular flexibility index (Phi) is 1680. The summed E-state index contributed by atoms with van der Waals surface area (Å²) in [6, 6.07) is 0. The topological polar surface area (TPSA) is 244 Å². The quantitative estimate of drug-likeness (QED) is 0.123. The van der Waals surface area contributed by atoms with Crippen LogP contribution in [0.3, 0.4) is 0 Å². The third-order valence-corrected chi connectivity index (χ3v) is 1.76. The molecule has 0 aliphatic rings. The molecule has 0 bridgehead atoms. The van der Waals surface area contributed by atoms with Crippen molar-refractivity contribution in [3.8, 4) is 0 Å². The molecule has 12 nitrogen and oxygen atoms in total. The Morgan fingerprint density at radius 1 is 0.320 bits per heavy atom. The molecule has 0 fully saturated rings. The van der Waals surface area contributed by atoms with E-state index < -0.39 is 0 Å². The second-order valence-corrected chi connectivity index (χ2v) is 4.10. The molecule has 0 aromatic carbocycles. The van der Waals surface area contributed by atoms with Crippen LogP contribution >= 0.6 is 0 Å². The van der Waals surface area contributed by atoms with Gasteiger partial charge in [0.05, 0.1) is 52.9 Å². The number of rotatable bonds is 12. The molecule has 0 amide bonds. The van der Waals surface area contributed by atoms with Crippen molar-refractivity contribution in [1.82, 2.24) is 0 Å². The van der Waals surface area contributed by atoms with Crippen molar-refractivity contribution in [3.05, 3.63) is 14.9 Å². The zero-order chi connectivity index (χ0) is 19.3. The maximum Gasteiger partial charge on any atom is 0.0697 e. The Morgan fingerprint density at radius 2 is 0.460 bits per heavy atom. The van der Waals surface area contributed by atoms with Crippen LogP contribution in [0.2, 0.25) is 0 Å². The number of hydrogen-bond donors (Lipinski definition) is 4. The average Bonchev–Trinajstić information content (AvgIpc) is 2.59. The average molecular weight is 2120 g/mol. The van der Waals surface area contributed by atoms with E-state index >= 15 is 0 Å². The molecule has 0 spiro atoms. The molecule has 0 heterocycles. The van der Waals surface area contributed by atoms with Crippen molar-refractivity contribution in [2.24, 2.45) is 0 Å². The van der Waals surface area contributed by atoms with Crippen molar-refractivity contribution in [2.45, 2.75) is 131 Å². The van der Waals surface area contributed by atoms with Crippen LogP contribution in [0.4, 0.5) is 0 Å². The molecule has 0 aliphatic carbocycles. The number of methoxy groups -OCH3 is 2. The molecule has 336 valence electrons. The van der Waals surface area contributed by atoms with E-state index in [2.05, 4.69) is 9.47 Å². The first-order valence-corrected chi connectivity index (χ1v) is 8.23. The normalized spacial score (nSPS) is 4.32. The molecule has 12 N–H and O–H groups in total. The molecule has 0 radical (unpaired) electrons. The van der Waals surface area contributed by atoms with Crippen LogP contribution < -0.4 is 0 Å². The van der Waals surface area contributed by atoms with Gasteiger partial charge < -0.3 is 76.1 Å². The zero-order valence-electron chi connectivity index (χ0n) is 22.9. The van der Waals surface area contributed by atoms with Gasteiger partial charge in [-0.15, -0.1) is 0 Å². The molecular weight excluding hydrogens is 2000 g/mol. The Balaban J connectivity index is -0.00000000326. The molecule has 0 rings (SSSR count). The van der Waals surface area contributed by atoms with E-state index in [1.165, 1.54) is 0 Å². The predicted molar refractivity (Wildman–Crippen MR) is 216 cm³/mol. The molecule has 0 atom stereocenters.